The Hall–Kier alpha value is -1.86. The van der Waals surface area contributed by atoms with Crippen molar-refractivity contribution in [2.75, 3.05) is 19.8 Å². The number of carbonyl (C=O) groups is 1. The molecule has 0 saturated carbocycles. The average Bonchev–Trinajstić information content (AvgIpc) is 3.09. The van der Waals surface area contributed by atoms with Crippen LogP contribution in [0.5, 0.6) is 5.75 Å². The molecule has 1 aliphatic heterocycles. The van der Waals surface area contributed by atoms with Gasteiger partial charge in [0.05, 0.1) is 6.10 Å². The molecule has 138 valence electrons. The van der Waals surface area contributed by atoms with E-state index in [0.717, 1.165) is 36.3 Å². The number of carbonyl (C=O) groups excluding carboxylic acids is 1. The van der Waals surface area contributed by atoms with E-state index in [4.69, 9.17) is 21.7 Å². The fraction of sp³-hybridized carbons (Fsp3) is 0.556. The summed E-state index contributed by atoms with van der Waals surface area (Å²) < 4.78 is 11.2. The SMILES string of the molecule is Cc1ccc(C(C)C)c(OCC(=O)NNC(=S)NCC2CCCO2)c1. The Balaban J connectivity index is 1.71. The highest BCUT2D eigenvalue weighted by atomic mass is 32.1. The molecular formula is C18H27N3O3S. The van der Waals surface area contributed by atoms with Gasteiger partial charge in [-0.1, -0.05) is 26.0 Å². The number of thiocarbonyl (C=S) groups is 1. The van der Waals surface area contributed by atoms with Gasteiger partial charge in [0.1, 0.15) is 5.75 Å². The molecule has 0 bridgehead atoms. The molecule has 1 heterocycles. The van der Waals surface area contributed by atoms with Crippen LogP contribution in [0, 0.1) is 6.92 Å². The Morgan fingerprint density at radius 3 is 2.88 bits per heavy atom. The second-order valence-corrected chi connectivity index (χ2v) is 6.91. The van der Waals surface area contributed by atoms with Crippen molar-refractivity contribution in [1.29, 1.82) is 0 Å². The molecule has 0 aromatic heterocycles. The van der Waals surface area contributed by atoms with E-state index >= 15 is 0 Å². The predicted octanol–water partition coefficient (Wildman–Crippen LogP) is 2.17. The molecule has 7 heteroatoms. The number of hydrogen-bond donors (Lipinski definition) is 3. The Morgan fingerprint density at radius 2 is 2.20 bits per heavy atom. The molecule has 1 atom stereocenters. The second kappa shape index (κ2) is 9.58. The van der Waals surface area contributed by atoms with E-state index < -0.39 is 0 Å². The number of aryl methyl sites for hydroxylation is 1. The lowest BCUT2D eigenvalue weighted by Crippen LogP contribution is -2.49. The van der Waals surface area contributed by atoms with Crippen LogP contribution in [0.15, 0.2) is 18.2 Å². The summed E-state index contributed by atoms with van der Waals surface area (Å²) in [5, 5.41) is 3.39. The minimum Gasteiger partial charge on any atom is -0.483 e. The van der Waals surface area contributed by atoms with E-state index in [1.807, 2.05) is 25.1 Å². The number of nitrogens with one attached hydrogen (secondary N) is 3. The molecule has 1 saturated heterocycles. The summed E-state index contributed by atoms with van der Waals surface area (Å²) in [6.07, 6.45) is 2.30. The molecule has 1 fully saturated rings. The van der Waals surface area contributed by atoms with Crippen LogP contribution in [0.2, 0.25) is 0 Å². The lowest BCUT2D eigenvalue weighted by Gasteiger charge is -2.16. The van der Waals surface area contributed by atoms with Crippen LogP contribution < -0.4 is 20.9 Å². The van der Waals surface area contributed by atoms with Gasteiger partial charge in [-0.2, -0.15) is 0 Å². The molecular weight excluding hydrogens is 338 g/mol. The van der Waals surface area contributed by atoms with E-state index in [0.29, 0.717) is 17.6 Å². The summed E-state index contributed by atoms with van der Waals surface area (Å²) in [5.41, 5.74) is 7.39. The summed E-state index contributed by atoms with van der Waals surface area (Å²) >= 11 is 5.12. The van der Waals surface area contributed by atoms with Crippen molar-refractivity contribution >= 4 is 23.2 Å². The monoisotopic (exact) mass is 365 g/mol. The third-order valence-electron chi connectivity index (χ3n) is 3.98. The fourth-order valence-corrected chi connectivity index (χ4v) is 2.74. The summed E-state index contributed by atoms with van der Waals surface area (Å²) in [6, 6.07) is 6.03. The first-order chi connectivity index (χ1) is 12.0. The summed E-state index contributed by atoms with van der Waals surface area (Å²) in [4.78, 5) is 11.9. The van der Waals surface area contributed by atoms with E-state index in [2.05, 4.69) is 30.0 Å². The number of amides is 1. The molecule has 1 amide bonds. The Kier molecular flexibility index (Phi) is 7.46. The smallest absolute Gasteiger partial charge is 0.276 e. The third-order valence-corrected chi connectivity index (χ3v) is 4.23. The van der Waals surface area contributed by atoms with Crippen molar-refractivity contribution in [1.82, 2.24) is 16.2 Å². The fourth-order valence-electron chi connectivity index (χ4n) is 2.61. The van der Waals surface area contributed by atoms with E-state index in [9.17, 15) is 4.79 Å². The summed E-state index contributed by atoms with van der Waals surface area (Å²) in [5.74, 6) is 0.771. The summed E-state index contributed by atoms with van der Waals surface area (Å²) in [6.45, 7) is 7.55. The van der Waals surface area contributed by atoms with Crippen LogP contribution in [-0.4, -0.2) is 36.9 Å². The van der Waals surface area contributed by atoms with Gasteiger partial charge in [0.15, 0.2) is 11.7 Å². The van der Waals surface area contributed by atoms with Gasteiger partial charge in [0.2, 0.25) is 0 Å². The molecule has 0 aliphatic carbocycles. The predicted molar refractivity (Wildman–Crippen MR) is 102 cm³/mol. The Bertz CT molecular complexity index is 601. The molecule has 2 rings (SSSR count). The highest BCUT2D eigenvalue weighted by Crippen LogP contribution is 2.27. The molecule has 25 heavy (non-hydrogen) atoms. The zero-order valence-electron chi connectivity index (χ0n) is 15.1. The molecule has 1 aromatic rings. The second-order valence-electron chi connectivity index (χ2n) is 6.50. The van der Waals surface area contributed by atoms with Gasteiger partial charge in [0, 0.05) is 13.2 Å². The van der Waals surface area contributed by atoms with Gasteiger partial charge in [0.25, 0.3) is 5.91 Å². The van der Waals surface area contributed by atoms with Crippen LogP contribution in [0.3, 0.4) is 0 Å². The van der Waals surface area contributed by atoms with Crippen molar-refractivity contribution in [2.24, 2.45) is 0 Å². The minimum absolute atomic E-state index is 0.0788. The quantitative estimate of drug-likeness (QED) is 0.530. The van der Waals surface area contributed by atoms with Crippen molar-refractivity contribution in [3.63, 3.8) is 0 Å². The number of benzene rings is 1. The van der Waals surface area contributed by atoms with Gasteiger partial charge in [-0.05, 0) is 55.1 Å². The first-order valence-electron chi connectivity index (χ1n) is 8.63. The standard InChI is InChI=1S/C18H27N3O3S/c1-12(2)15-7-6-13(3)9-16(15)24-11-17(22)20-21-18(25)19-10-14-5-4-8-23-14/h6-7,9,12,14H,4-5,8,10-11H2,1-3H3,(H,20,22)(H2,19,21,25). The number of ether oxygens (including phenoxy) is 2. The largest absolute Gasteiger partial charge is 0.483 e. The maximum Gasteiger partial charge on any atom is 0.276 e. The maximum atomic E-state index is 11.9. The number of hydrogen-bond acceptors (Lipinski definition) is 4. The minimum atomic E-state index is -0.294. The van der Waals surface area contributed by atoms with Crippen LogP contribution in [0.4, 0.5) is 0 Å². The lowest BCUT2D eigenvalue weighted by atomic mass is 10.0. The van der Waals surface area contributed by atoms with Crippen LogP contribution >= 0.6 is 12.2 Å². The van der Waals surface area contributed by atoms with Gasteiger partial charge >= 0.3 is 0 Å². The first kappa shape index (κ1) is 19.5. The van der Waals surface area contributed by atoms with Gasteiger partial charge in [-0.3, -0.25) is 15.6 Å². The van der Waals surface area contributed by atoms with Crippen molar-refractivity contribution in [3.8, 4) is 5.75 Å². The van der Waals surface area contributed by atoms with Crippen molar-refractivity contribution in [2.45, 2.75) is 45.6 Å². The van der Waals surface area contributed by atoms with E-state index in [1.54, 1.807) is 0 Å². The van der Waals surface area contributed by atoms with Crippen LogP contribution in [-0.2, 0) is 9.53 Å². The first-order valence-corrected chi connectivity index (χ1v) is 9.04. The molecule has 1 unspecified atom stereocenters. The third kappa shape index (κ3) is 6.51. The lowest BCUT2D eigenvalue weighted by molar-refractivity contribution is -0.123. The molecule has 1 aromatic carbocycles. The van der Waals surface area contributed by atoms with Gasteiger partial charge in [-0.15, -0.1) is 0 Å². The molecule has 3 N–H and O–H groups in total. The topological polar surface area (TPSA) is 71.6 Å². The zero-order valence-corrected chi connectivity index (χ0v) is 15.9. The van der Waals surface area contributed by atoms with Crippen molar-refractivity contribution in [3.05, 3.63) is 29.3 Å². The summed E-state index contributed by atoms with van der Waals surface area (Å²) in [7, 11) is 0. The highest BCUT2D eigenvalue weighted by Gasteiger charge is 2.15. The molecule has 0 radical (unpaired) electrons. The number of rotatable bonds is 6. The Labute approximate surface area is 154 Å². The highest BCUT2D eigenvalue weighted by molar-refractivity contribution is 7.80. The van der Waals surface area contributed by atoms with E-state index in [-0.39, 0.29) is 18.6 Å². The van der Waals surface area contributed by atoms with Gasteiger partial charge < -0.3 is 14.8 Å². The van der Waals surface area contributed by atoms with E-state index in [1.165, 1.54) is 0 Å². The van der Waals surface area contributed by atoms with Gasteiger partial charge in [-0.25, -0.2) is 0 Å². The van der Waals surface area contributed by atoms with Crippen LogP contribution in [0.1, 0.15) is 43.7 Å². The molecule has 6 nitrogen and oxygen atoms in total. The molecule has 0 spiro atoms. The number of hydrazine groups is 1. The van der Waals surface area contributed by atoms with Crippen molar-refractivity contribution < 1.29 is 14.3 Å². The zero-order chi connectivity index (χ0) is 18.2. The van der Waals surface area contributed by atoms with Crippen LogP contribution in [0.25, 0.3) is 0 Å². The Morgan fingerprint density at radius 1 is 1.40 bits per heavy atom. The average molecular weight is 365 g/mol. The normalized spacial score (nSPS) is 16.6. The maximum absolute atomic E-state index is 11.9. The molecule has 1 aliphatic rings.